The van der Waals surface area contributed by atoms with Crippen LogP contribution in [0.25, 0.3) is 0 Å². The number of hydrogen-bond donors (Lipinski definition) is 0. The summed E-state index contributed by atoms with van der Waals surface area (Å²) in [6.45, 7) is 5.27. The van der Waals surface area contributed by atoms with Crippen LogP contribution in [0.5, 0.6) is 5.75 Å². The van der Waals surface area contributed by atoms with Gasteiger partial charge in [-0.15, -0.1) is 0 Å². The molecule has 0 unspecified atom stereocenters. The molecule has 1 aromatic carbocycles. The second-order valence-electron chi connectivity index (χ2n) is 3.78. The lowest BCUT2D eigenvalue weighted by atomic mass is 10.2. The smallest absolute Gasteiger partial charge is 0.124 e. The van der Waals surface area contributed by atoms with Gasteiger partial charge in [0.2, 0.25) is 0 Å². The summed E-state index contributed by atoms with van der Waals surface area (Å²) in [5.74, 6) is 0.903. The minimum Gasteiger partial charge on any atom is -0.496 e. The number of unbranched alkanes of at least 4 members (excludes halogenated alkanes) is 3. The van der Waals surface area contributed by atoms with E-state index in [4.69, 9.17) is 9.47 Å². The molecule has 0 aromatic heterocycles. The van der Waals surface area contributed by atoms with Crippen molar-refractivity contribution in [3.05, 3.63) is 36.8 Å². The van der Waals surface area contributed by atoms with Gasteiger partial charge in [-0.05, 0) is 12.5 Å². The van der Waals surface area contributed by atoms with Crippen LogP contribution in [0.3, 0.4) is 0 Å². The Morgan fingerprint density at radius 2 is 1.94 bits per heavy atom. The van der Waals surface area contributed by atoms with Gasteiger partial charge in [0.15, 0.2) is 0 Å². The van der Waals surface area contributed by atoms with Crippen molar-refractivity contribution in [1.82, 2.24) is 0 Å². The molecule has 1 rings (SSSR count). The first-order valence-electron chi connectivity index (χ1n) is 5.87. The summed E-state index contributed by atoms with van der Waals surface area (Å²) in [6.07, 6.45) is 4.53. The fourth-order valence-electron chi connectivity index (χ4n) is 1.56. The van der Waals surface area contributed by atoms with Crippen LogP contribution in [0, 0.1) is 6.92 Å². The Morgan fingerprint density at radius 3 is 2.69 bits per heavy atom. The van der Waals surface area contributed by atoms with Gasteiger partial charge < -0.3 is 9.47 Å². The second kappa shape index (κ2) is 8.17. The van der Waals surface area contributed by atoms with Crippen LogP contribution >= 0.6 is 0 Å². The van der Waals surface area contributed by atoms with E-state index in [1.54, 1.807) is 7.11 Å². The lowest BCUT2D eigenvalue weighted by Crippen LogP contribution is -1.98. The maximum atomic E-state index is 5.61. The van der Waals surface area contributed by atoms with Crippen molar-refractivity contribution >= 4 is 0 Å². The molecule has 89 valence electrons. The molecule has 1 aromatic rings. The predicted molar refractivity (Wildman–Crippen MR) is 66.5 cm³/mol. The van der Waals surface area contributed by atoms with Crippen LogP contribution in [0.15, 0.2) is 24.3 Å². The number of hydrogen-bond acceptors (Lipinski definition) is 2. The van der Waals surface area contributed by atoms with Gasteiger partial charge in [-0.1, -0.05) is 44.4 Å². The highest BCUT2D eigenvalue weighted by atomic mass is 16.5. The molecule has 0 saturated carbocycles. The highest BCUT2D eigenvalue weighted by molar-refractivity contribution is 5.32. The van der Waals surface area contributed by atoms with E-state index in [2.05, 4.69) is 6.92 Å². The number of methoxy groups -OCH3 is 1. The molecular weight excluding hydrogens is 200 g/mol. The average molecular weight is 221 g/mol. The Hall–Kier alpha value is -1.02. The van der Waals surface area contributed by atoms with Gasteiger partial charge in [0.05, 0.1) is 13.7 Å². The van der Waals surface area contributed by atoms with E-state index in [-0.39, 0.29) is 0 Å². The summed E-state index contributed by atoms with van der Waals surface area (Å²) in [4.78, 5) is 0. The van der Waals surface area contributed by atoms with E-state index in [9.17, 15) is 0 Å². The van der Waals surface area contributed by atoms with E-state index in [0.29, 0.717) is 6.61 Å². The molecule has 2 heteroatoms. The molecule has 0 fully saturated rings. The summed E-state index contributed by atoms with van der Waals surface area (Å²) >= 11 is 0. The minimum atomic E-state index is 0.633. The minimum absolute atomic E-state index is 0.633. The van der Waals surface area contributed by atoms with Crippen molar-refractivity contribution < 1.29 is 9.47 Å². The van der Waals surface area contributed by atoms with Crippen molar-refractivity contribution in [1.29, 1.82) is 0 Å². The lowest BCUT2D eigenvalue weighted by molar-refractivity contribution is 0.115. The Balaban J connectivity index is 2.21. The van der Waals surface area contributed by atoms with Crippen LogP contribution in [0.4, 0.5) is 0 Å². The van der Waals surface area contributed by atoms with E-state index in [1.165, 1.54) is 12.8 Å². The zero-order valence-electron chi connectivity index (χ0n) is 10.1. The molecule has 0 aliphatic heterocycles. The first-order chi connectivity index (χ1) is 7.88. The molecule has 1 radical (unpaired) electrons. The maximum Gasteiger partial charge on any atom is 0.124 e. The number of benzene rings is 1. The molecular formula is C14H21O2. The Morgan fingerprint density at radius 1 is 1.12 bits per heavy atom. The summed E-state index contributed by atoms with van der Waals surface area (Å²) < 4.78 is 10.9. The van der Waals surface area contributed by atoms with Crippen molar-refractivity contribution in [2.75, 3.05) is 13.7 Å². The van der Waals surface area contributed by atoms with Crippen LogP contribution in [0.2, 0.25) is 0 Å². The Labute approximate surface area is 98.6 Å². The van der Waals surface area contributed by atoms with E-state index < -0.39 is 0 Å². The zero-order valence-corrected chi connectivity index (χ0v) is 10.1. The number of rotatable bonds is 8. The maximum absolute atomic E-state index is 5.61. The van der Waals surface area contributed by atoms with Gasteiger partial charge in [0, 0.05) is 12.2 Å². The van der Waals surface area contributed by atoms with E-state index in [1.807, 2.05) is 24.3 Å². The molecule has 0 bridgehead atoms. The van der Waals surface area contributed by atoms with Gasteiger partial charge in [0.1, 0.15) is 5.75 Å². The van der Waals surface area contributed by atoms with Crippen molar-refractivity contribution in [3.8, 4) is 5.75 Å². The van der Waals surface area contributed by atoms with Gasteiger partial charge in [0.25, 0.3) is 0 Å². The molecule has 0 amide bonds. The first kappa shape index (κ1) is 13.0. The van der Waals surface area contributed by atoms with Crippen molar-refractivity contribution in [2.45, 2.75) is 32.3 Å². The largest absolute Gasteiger partial charge is 0.496 e. The second-order valence-corrected chi connectivity index (χ2v) is 3.78. The molecule has 0 aliphatic rings. The van der Waals surface area contributed by atoms with Crippen molar-refractivity contribution in [2.24, 2.45) is 0 Å². The van der Waals surface area contributed by atoms with Crippen LogP contribution in [0.1, 0.15) is 31.2 Å². The molecule has 0 N–H and O–H groups in total. The third kappa shape index (κ3) is 4.67. The standard InChI is InChI=1S/C14H21O2/c1-3-4-5-8-11-16-12-13-9-6-7-10-14(13)15-2/h6-7,9-10H,1,3-5,8,11-12H2,2H3. The molecule has 0 heterocycles. The quantitative estimate of drug-likeness (QED) is 0.624. The molecule has 16 heavy (non-hydrogen) atoms. The lowest BCUT2D eigenvalue weighted by Gasteiger charge is -2.08. The predicted octanol–water partition coefficient (Wildman–Crippen LogP) is 3.61. The third-order valence-corrected chi connectivity index (χ3v) is 2.49. The monoisotopic (exact) mass is 221 g/mol. The molecule has 0 saturated heterocycles. The highest BCUT2D eigenvalue weighted by Crippen LogP contribution is 2.18. The number of ether oxygens (including phenoxy) is 2. The van der Waals surface area contributed by atoms with Crippen LogP contribution in [-0.4, -0.2) is 13.7 Å². The van der Waals surface area contributed by atoms with Crippen molar-refractivity contribution in [3.63, 3.8) is 0 Å². The highest BCUT2D eigenvalue weighted by Gasteiger charge is 2.00. The van der Waals surface area contributed by atoms with E-state index in [0.717, 1.165) is 30.8 Å². The van der Waals surface area contributed by atoms with Crippen LogP contribution < -0.4 is 4.74 Å². The van der Waals surface area contributed by atoms with Gasteiger partial charge >= 0.3 is 0 Å². The first-order valence-corrected chi connectivity index (χ1v) is 5.87. The summed E-state index contributed by atoms with van der Waals surface area (Å²) in [6, 6.07) is 7.97. The van der Waals surface area contributed by atoms with Gasteiger partial charge in [-0.2, -0.15) is 0 Å². The number of para-hydroxylation sites is 1. The molecule has 0 aliphatic carbocycles. The fraction of sp³-hybridized carbons (Fsp3) is 0.500. The van der Waals surface area contributed by atoms with E-state index >= 15 is 0 Å². The molecule has 0 atom stereocenters. The summed E-state index contributed by atoms with van der Waals surface area (Å²) in [7, 11) is 1.69. The molecule has 2 nitrogen and oxygen atoms in total. The third-order valence-electron chi connectivity index (χ3n) is 2.49. The van der Waals surface area contributed by atoms with Gasteiger partial charge in [-0.25, -0.2) is 0 Å². The zero-order chi connectivity index (χ0) is 11.6. The Bertz CT molecular complexity index is 284. The molecule has 0 spiro atoms. The summed E-state index contributed by atoms with van der Waals surface area (Å²) in [5, 5.41) is 0. The topological polar surface area (TPSA) is 18.5 Å². The summed E-state index contributed by atoms with van der Waals surface area (Å²) in [5.41, 5.74) is 1.11. The average Bonchev–Trinajstić information content (AvgIpc) is 2.34. The fourth-order valence-corrected chi connectivity index (χ4v) is 1.56. The Kier molecular flexibility index (Phi) is 6.66. The normalized spacial score (nSPS) is 10.4. The SMILES string of the molecule is [CH2]CCCCCOCc1ccccc1OC. The van der Waals surface area contributed by atoms with Gasteiger partial charge in [-0.3, -0.25) is 0 Å². The van der Waals surface area contributed by atoms with Crippen LogP contribution in [-0.2, 0) is 11.3 Å².